The smallest absolute Gasteiger partial charge is 0.231 e. The Morgan fingerprint density at radius 3 is 2.30 bits per heavy atom. The van der Waals surface area contributed by atoms with Crippen LogP contribution < -0.4 is 5.32 Å². The van der Waals surface area contributed by atoms with Gasteiger partial charge >= 0.3 is 0 Å². The van der Waals surface area contributed by atoms with Gasteiger partial charge in [0.1, 0.15) is 17.2 Å². The van der Waals surface area contributed by atoms with Gasteiger partial charge in [-0.25, -0.2) is 8.78 Å². The number of aliphatic hydroxyl groups is 3. The number of benzene rings is 1. The zero-order valence-electron chi connectivity index (χ0n) is 10.5. The minimum Gasteiger partial charge on any atom is -0.394 e. The third-order valence-corrected chi connectivity index (χ3v) is 3.61. The number of amides is 1. The van der Waals surface area contributed by atoms with Crippen LogP contribution in [0.5, 0.6) is 0 Å². The maximum absolute atomic E-state index is 13.3. The van der Waals surface area contributed by atoms with Crippen molar-refractivity contribution < 1.29 is 28.9 Å². The van der Waals surface area contributed by atoms with Crippen LogP contribution in [0, 0.1) is 11.6 Å². The van der Waals surface area contributed by atoms with Crippen LogP contribution in [0.4, 0.5) is 8.78 Å². The van der Waals surface area contributed by atoms with Gasteiger partial charge in [0.25, 0.3) is 0 Å². The molecule has 1 amide bonds. The fourth-order valence-electron chi connectivity index (χ4n) is 1.34. The average Bonchev–Trinajstić information content (AvgIpc) is 2.44. The third kappa shape index (κ3) is 4.41. The number of aliphatic hydroxyl groups excluding tert-OH is 3. The van der Waals surface area contributed by atoms with E-state index in [4.69, 9.17) is 15.3 Å². The predicted octanol–water partition coefficient (Wildman–Crippen LogP) is -0.111. The Hall–Kier alpha value is -1.22. The summed E-state index contributed by atoms with van der Waals surface area (Å²) in [6.45, 7) is -1.91. The molecular weight excluding hydrogens is 292 g/mol. The molecule has 0 spiro atoms. The number of halogens is 2. The first-order valence-corrected chi connectivity index (χ1v) is 6.66. The number of thioether (sulfide) groups is 1. The Morgan fingerprint density at radius 2 is 1.80 bits per heavy atom. The first kappa shape index (κ1) is 16.8. The number of rotatable bonds is 7. The molecule has 0 aliphatic carbocycles. The van der Waals surface area contributed by atoms with E-state index >= 15 is 0 Å². The zero-order valence-corrected chi connectivity index (χ0v) is 11.3. The summed E-state index contributed by atoms with van der Waals surface area (Å²) in [6, 6.07) is 2.99. The summed E-state index contributed by atoms with van der Waals surface area (Å²) in [5.74, 6) is -2.29. The van der Waals surface area contributed by atoms with Crippen LogP contribution in [-0.4, -0.2) is 52.3 Å². The van der Waals surface area contributed by atoms with Gasteiger partial charge < -0.3 is 20.6 Å². The second-order valence-corrected chi connectivity index (χ2v) is 5.18. The summed E-state index contributed by atoms with van der Waals surface area (Å²) in [5.41, 5.74) is -1.51. The number of nitrogens with one attached hydrogen (secondary N) is 1. The van der Waals surface area contributed by atoms with E-state index in [-0.39, 0.29) is 10.6 Å². The van der Waals surface area contributed by atoms with Crippen molar-refractivity contribution in [1.29, 1.82) is 0 Å². The van der Waals surface area contributed by atoms with Crippen LogP contribution in [0.25, 0.3) is 0 Å². The van der Waals surface area contributed by atoms with Crippen LogP contribution in [0.1, 0.15) is 0 Å². The largest absolute Gasteiger partial charge is 0.394 e. The highest BCUT2D eigenvalue weighted by molar-refractivity contribution is 8.00. The first-order valence-electron chi connectivity index (χ1n) is 5.68. The monoisotopic (exact) mass is 307 g/mol. The van der Waals surface area contributed by atoms with E-state index in [1.54, 1.807) is 0 Å². The van der Waals surface area contributed by atoms with Crippen molar-refractivity contribution in [3.63, 3.8) is 0 Å². The Labute approximate surface area is 118 Å². The van der Waals surface area contributed by atoms with Crippen LogP contribution in [0.15, 0.2) is 23.1 Å². The average molecular weight is 307 g/mol. The molecule has 0 aliphatic rings. The molecule has 0 saturated heterocycles. The first-order chi connectivity index (χ1) is 9.46. The van der Waals surface area contributed by atoms with Crippen molar-refractivity contribution in [2.24, 2.45) is 0 Å². The molecule has 0 fully saturated rings. The lowest BCUT2D eigenvalue weighted by atomic mass is 10.0. The molecule has 0 heterocycles. The summed E-state index contributed by atoms with van der Waals surface area (Å²) in [5, 5.41) is 29.4. The topological polar surface area (TPSA) is 89.8 Å². The molecule has 5 nitrogen and oxygen atoms in total. The van der Waals surface area contributed by atoms with Crippen molar-refractivity contribution in [2.75, 3.05) is 25.6 Å². The van der Waals surface area contributed by atoms with Gasteiger partial charge in [-0.15, -0.1) is 11.8 Å². The fraction of sp³-hybridized carbons (Fsp3) is 0.417. The van der Waals surface area contributed by atoms with Crippen molar-refractivity contribution >= 4 is 17.7 Å². The quantitative estimate of drug-likeness (QED) is 0.528. The lowest BCUT2D eigenvalue weighted by Crippen LogP contribution is -2.57. The molecule has 1 aromatic carbocycles. The lowest BCUT2D eigenvalue weighted by Gasteiger charge is -2.28. The van der Waals surface area contributed by atoms with Gasteiger partial charge in [0.2, 0.25) is 5.91 Å². The normalized spacial score (nSPS) is 11.4. The molecule has 1 aromatic rings. The van der Waals surface area contributed by atoms with Gasteiger partial charge in [-0.05, 0) is 12.1 Å². The third-order valence-electron chi connectivity index (χ3n) is 2.57. The molecule has 0 atom stereocenters. The summed E-state index contributed by atoms with van der Waals surface area (Å²) >= 11 is 0.837. The highest BCUT2D eigenvalue weighted by Gasteiger charge is 2.29. The van der Waals surface area contributed by atoms with E-state index in [1.165, 1.54) is 6.07 Å². The van der Waals surface area contributed by atoms with Gasteiger partial charge in [-0.2, -0.15) is 0 Å². The standard InChI is InChI=1S/C12H15F2NO4S/c13-8-1-2-10(9(14)3-8)20-4-11(19)15-12(5-16,6-17)7-18/h1-3,16-18H,4-7H2,(H,15,19). The van der Waals surface area contributed by atoms with E-state index in [2.05, 4.69) is 5.32 Å². The molecule has 0 unspecified atom stereocenters. The van der Waals surface area contributed by atoms with Gasteiger partial charge in [0.05, 0.1) is 25.6 Å². The van der Waals surface area contributed by atoms with Gasteiger partial charge in [-0.1, -0.05) is 0 Å². The Kier molecular flexibility index (Phi) is 6.34. The van der Waals surface area contributed by atoms with Crippen molar-refractivity contribution in [1.82, 2.24) is 5.32 Å². The summed E-state index contributed by atoms with van der Waals surface area (Å²) in [4.78, 5) is 11.7. The van der Waals surface area contributed by atoms with Crippen molar-refractivity contribution in [3.05, 3.63) is 29.8 Å². The molecule has 0 bridgehead atoms. The summed E-state index contributed by atoms with van der Waals surface area (Å²) < 4.78 is 26.0. The van der Waals surface area contributed by atoms with E-state index in [0.717, 1.165) is 17.8 Å². The molecule has 0 aromatic heterocycles. The van der Waals surface area contributed by atoms with Gasteiger partial charge in [0.15, 0.2) is 0 Å². The second-order valence-electron chi connectivity index (χ2n) is 4.17. The maximum Gasteiger partial charge on any atom is 0.231 e. The predicted molar refractivity (Wildman–Crippen MR) is 69.2 cm³/mol. The van der Waals surface area contributed by atoms with Crippen LogP contribution in [0.2, 0.25) is 0 Å². The molecule has 112 valence electrons. The molecule has 8 heteroatoms. The van der Waals surface area contributed by atoms with Crippen molar-refractivity contribution in [3.8, 4) is 0 Å². The molecule has 0 aliphatic heterocycles. The summed E-state index contributed by atoms with van der Waals surface area (Å²) in [7, 11) is 0. The van der Waals surface area contributed by atoms with Crippen LogP contribution in [0.3, 0.4) is 0 Å². The SMILES string of the molecule is O=C(CSc1ccc(F)cc1F)NC(CO)(CO)CO. The minimum absolute atomic E-state index is 0.101. The highest BCUT2D eigenvalue weighted by atomic mass is 32.2. The Morgan fingerprint density at radius 1 is 1.20 bits per heavy atom. The number of hydrogen-bond acceptors (Lipinski definition) is 5. The van der Waals surface area contributed by atoms with E-state index in [9.17, 15) is 13.6 Å². The van der Waals surface area contributed by atoms with Gasteiger partial charge in [-0.3, -0.25) is 4.79 Å². The summed E-state index contributed by atoms with van der Waals surface area (Å²) in [6.07, 6.45) is 0. The molecule has 20 heavy (non-hydrogen) atoms. The molecule has 1 rings (SSSR count). The molecular formula is C12H15F2NO4S. The molecule has 0 radical (unpaired) electrons. The van der Waals surface area contributed by atoms with Crippen molar-refractivity contribution in [2.45, 2.75) is 10.4 Å². The number of carbonyl (C=O) groups excluding carboxylic acids is 1. The second kappa shape index (κ2) is 7.53. The van der Waals surface area contributed by atoms with Crippen LogP contribution in [-0.2, 0) is 4.79 Å². The lowest BCUT2D eigenvalue weighted by molar-refractivity contribution is -0.122. The minimum atomic E-state index is -1.51. The Balaban J connectivity index is 2.59. The number of hydrogen-bond donors (Lipinski definition) is 4. The molecule has 0 saturated carbocycles. The van der Waals surface area contributed by atoms with Gasteiger partial charge in [0, 0.05) is 11.0 Å². The van der Waals surface area contributed by atoms with E-state index in [1.807, 2.05) is 0 Å². The highest BCUT2D eigenvalue weighted by Crippen LogP contribution is 2.22. The van der Waals surface area contributed by atoms with E-state index < -0.39 is 42.9 Å². The van der Waals surface area contributed by atoms with E-state index in [0.29, 0.717) is 6.07 Å². The number of carbonyl (C=O) groups is 1. The molecule has 4 N–H and O–H groups in total. The van der Waals surface area contributed by atoms with Crippen LogP contribution >= 0.6 is 11.8 Å². The fourth-order valence-corrected chi connectivity index (χ4v) is 2.06. The Bertz CT molecular complexity index is 461. The maximum atomic E-state index is 13.3. The zero-order chi connectivity index (χ0) is 15.2.